The summed E-state index contributed by atoms with van der Waals surface area (Å²) >= 11 is 1.34. The van der Waals surface area contributed by atoms with Crippen LogP contribution < -0.4 is 5.56 Å². The number of para-hydroxylation sites is 1. The molecular formula is C17H11N5O3S. The zero-order valence-corrected chi connectivity index (χ0v) is 14.0. The first-order valence-corrected chi connectivity index (χ1v) is 8.36. The number of H-pyrrole nitrogens is 1. The number of nitrogens with one attached hydrogen (secondary N) is 2. The number of nitro groups is 1. The molecule has 4 aromatic rings. The summed E-state index contributed by atoms with van der Waals surface area (Å²) in [5.74, 6) is 0. The number of aromatic amines is 1. The van der Waals surface area contributed by atoms with Gasteiger partial charge in [-0.3, -0.25) is 20.0 Å². The molecule has 0 aliphatic heterocycles. The van der Waals surface area contributed by atoms with Crippen LogP contribution in [0.1, 0.15) is 5.56 Å². The van der Waals surface area contributed by atoms with Crippen molar-refractivity contribution in [2.24, 2.45) is 0 Å². The van der Waals surface area contributed by atoms with Crippen molar-refractivity contribution in [2.45, 2.75) is 0 Å². The van der Waals surface area contributed by atoms with Crippen LogP contribution >= 0.6 is 11.3 Å². The maximum Gasteiger partial charge on any atom is 0.282 e. The number of aromatic nitrogens is 3. The largest absolute Gasteiger partial charge is 0.308 e. The predicted octanol–water partition coefficient (Wildman–Crippen LogP) is 3.35. The number of nitrogens with zero attached hydrogens (tertiary/aromatic N) is 3. The van der Waals surface area contributed by atoms with Gasteiger partial charge in [0.2, 0.25) is 5.13 Å². The molecule has 0 saturated heterocycles. The van der Waals surface area contributed by atoms with E-state index in [2.05, 4.69) is 10.1 Å². The monoisotopic (exact) mass is 365 g/mol. The van der Waals surface area contributed by atoms with Gasteiger partial charge >= 0.3 is 0 Å². The quantitative estimate of drug-likeness (QED) is 0.327. The minimum atomic E-state index is -0.504. The van der Waals surface area contributed by atoms with Crippen molar-refractivity contribution in [1.29, 1.82) is 5.41 Å². The summed E-state index contributed by atoms with van der Waals surface area (Å²) in [6.45, 7) is 0. The van der Waals surface area contributed by atoms with E-state index < -0.39 is 10.5 Å². The Morgan fingerprint density at radius 3 is 2.77 bits per heavy atom. The minimum Gasteiger partial charge on any atom is -0.308 e. The van der Waals surface area contributed by atoms with E-state index in [1.54, 1.807) is 6.07 Å². The molecule has 9 heteroatoms. The Balaban J connectivity index is 1.91. The zero-order chi connectivity index (χ0) is 18.3. The van der Waals surface area contributed by atoms with Gasteiger partial charge in [-0.25, -0.2) is 4.98 Å². The molecule has 0 amide bonds. The second-order valence-electron chi connectivity index (χ2n) is 5.46. The maximum atomic E-state index is 12.7. The zero-order valence-electron chi connectivity index (χ0n) is 13.2. The van der Waals surface area contributed by atoms with E-state index in [1.165, 1.54) is 34.2 Å². The van der Waals surface area contributed by atoms with E-state index in [9.17, 15) is 14.9 Å². The summed E-state index contributed by atoms with van der Waals surface area (Å²) in [4.78, 5) is 27.6. The molecule has 128 valence electrons. The Hall–Kier alpha value is -3.59. The van der Waals surface area contributed by atoms with Crippen LogP contribution in [0.2, 0.25) is 0 Å². The number of hydrogen-bond donors (Lipinski definition) is 2. The highest BCUT2D eigenvalue weighted by Gasteiger charge is 2.19. The van der Waals surface area contributed by atoms with Gasteiger partial charge in [0.15, 0.2) is 0 Å². The van der Waals surface area contributed by atoms with Gasteiger partial charge in [0.25, 0.3) is 11.2 Å². The summed E-state index contributed by atoms with van der Waals surface area (Å²) in [6.07, 6.45) is 0.941. The van der Waals surface area contributed by atoms with Crippen molar-refractivity contribution in [3.05, 3.63) is 74.6 Å². The average Bonchev–Trinajstić information content (AvgIpc) is 3.22. The molecule has 0 radical (unpaired) electrons. The Kier molecular flexibility index (Phi) is 3.70. The molecule has 2 N–H and O–H groups in total. The molecule has 26 heavy (non-hydrogen) atoms. The van der Waals surface area contributed by atoms with Crippen molar-refractivity contribution in [2.75, 3.05) is 0 Å². The Morgan fingerprint density at radius 2 is 2.04 bits per heavy atom. The first-order chi connectivity index (χ1) is 12.6. The van der Waals surface area contributed by atoms with Crippen LogP contribution in [0.3, 0.4) is 0 Å². The Morgan fingerprint density at radius 1 is 1.23 bits per heavy atom. The lowest BCUT2D eigenvalue weighted by Crippen LogP contribution is -2.16. The van der Waals surface area contributed by atoms with E-state index >= 15 is 0 Å². The lowest BCUT2D eigenvalue weighted by Gasteiger charge is -2.00. The SMILES string of the molecule is N=Cc1c(-c2cccc([N+](=O)[O-])c2)[nH]n(-c2nc3ccccc3s2)c1=O. The third-order valence-electron chi connectivity index (χ3n) is 3.89. The van der Waals surface area contributed by atoms with E-state index in [4.69, 9.17) is 5.41 Å². The number of fused-ring (bicyclic) bond motifs is 1. The lowest BCUT2D eigenvalue weighted by molar-refractivity contribution is -0.384. The molecule has 0 spiro atoms. The molecule has 0 saturated carbocycles. The molecule has 0 atom stereocenters. The van der Waals surface area contributed by atoms with Crippen LogP contribution in [0.4, 0.5) is 5.69 Å². The number of rotatable bonds is 4. The van der Waals surface area contributed by atoms with Crippen molar-refractivity contribution in [3.63, 3.8) is 0 Å². The van der Waals surface area contributed by atoms with Crippen LogP contribution in [0.25, 0.3) is 26.6 Å². The summed E-state index contributed by atoms with van der Waals surface area (Å²) in [6, 6.07) is 13.4. The molecule has 0 unspecified atom stereocenters. The summed E-state index contributed by atoms with van der Waals surface area (Å²) in [5.41, 5.74) is 1.15. The second-order valence-corrected chi connectivity index (χ2v) is 6.47. The fourth-order valence-electron chi connectivity index (χ4n) is 2.67. The first-order valence-electron chi connectivity index (χ1n) is 7.55. The average molecular weight is 365 g/mol. The normalized spacial score (nSPS) is 10.9. The number of hydrogen-bond acceptors (Lipinski definition) is 6. The molecule has 2 aromatic carbocycles. The van der Waals surface area contributed by atoms with Crippen molar-refractivity contribution in [1.82, 2.24) is 14.8 Å². The fourth-order valence-corrected chi connectivity index (χ4v) is 3.59. The van der Waals surface area contributed by atoms with Crippen molar-refractivity contribution in [3.8, 4) is 16.4 Å². The van der Waals surface area contributed by atoms with E-state index in [0.717, 1.165) is 16.4 Å². The fraction of sp³-hybridized carbons (Fsp3) is 0. The molecule has 8 nitrogen and oxygen atoms in total. The molecule has 2 aromatic heterocycles. The van der Waals surface area contributed by atoms with Crippen LogP contribution in [-0.4, -0.2) is 25.9 Å². The highest BCUT2D eigenvalue weighted by Crippen LogP contribution is 2.27. The molecule has 4 rings (SSSR count). The summed E-state index contributed by atoms with van der Waals surface area (Å²) in [7, 11) is 0. The van der Waals surface area contributed by atoms with Crippen molar-refractivity contribution >= 4 is 33.5 Å². The molecule has 0 bridgehead atoms. The van der Waals surface area contributed by atoms with Gasteiger partial charge in [-0.1, -0.05) is 35.6 Å². The highest BCUT2D eigenvalue weighted by molar-refractivity contribution is 7.20. The third-order valence-corrected chi connectivity index (χ3v) is 4.91. The van der Waals surface area contributed by atoms with E-state index in [-0.39, 0.29) is 11.3 Å². The predicted molar refractivity (Wildman–Crippen MR) is 99.5 cm³/mol. The van der Waals surface area contributed by atoms with Crippen LogP contribution in [0.5, 0.6) is 0 Å². The summed E-state index contributed by atoms with van der Waals surface area (Å²) in [5, 5.41) is 22.0. The maximum absolute atomic E-state index is 12.7. The topological polar surface area (TPSA) is 118 Å². The van der Waals surface area contributed by atoms with E-state index in [0.29, 0.717) is 16.4 Å². The molecule has 0 aliphatic rings. The van der Waals surface area contributed by atoms with Crippen LogP contribution in [0, 0.1) is 15.5 Å². The molecular weight excluding hydrogens is 354 g/mol. The van der Waals surface area contributed by atoms with Gasteiger partial charge in [0.05, 0.1) is 26.4 Å². The Labute approximate surface area is 150 Å². The third kappa shape index (κ3) is 2.50. The highest BCUT2D eigenvalue weighted by atomic mass is 32.1. The van der Waals surface area contributed by atoms with Crippen LogP contribution in [-0.2, 0) is 0 Å². The van der Waals surface area contributed by atoms with Gasteiger partial charge in [0, 0.05) is 23.9 Å². The van der Waals surface area contributed by atoms with Gasteiger partial charge in [0.1, 0.15) is 0 Å². The summed E-state index contributed by atoms with van der Waals surface area (Å²) < 4.78 is 2.19. The smallest absolute Gasteiger partial charge is 0.282 e. The van der Waals surface area contributed by atoms with Crippen molar-refractivity contribution < 1.29 is 4.92 Å². The minimum absolute atomic E-state index is 0.0907. The number of nitro benzene ring substituents is 1. The standard InChI is InChI=1S/C17H11N5O3S/c18-9-12-15(10-4-3-5-11(8-10)22(24)25)20-21(16(12)23)17-19-13-6-1-2-7-14(13)26-17/h1-9,18,20H. The molecule has 0 fully saturated rings. The second kappa shape index (κ2) is 6.05. The van der Waals surface area contributed by atoms with E-state index in [1.807, 2.05) is 24.3 Å². The first kappa shape index (κ1) is 15.9. The number of thiazole rings is 1. The van der Waals surface area contributed by atoms with Gasteiger partial charge < -0.3 is 5.41 Å². The molecule has 0 aliphatic carbocycles. The van der Waals surface area contributed by atoms with Crippen LogP contribution in [0.15, 0.2) is 53.3 Å². The van der Waals surface area contributed by atoms with Gasteiger partial charge in [-0.05, 0) is 12.1 Å². The van der Waals surface area contributed by atoms with Gasteiger partial charge in [-0.15, -0.1) is 0 Å². The van der Waals surface area contributed by atoms with Gasteiger partial charge in [-0.2, -0.15) is 4.68 Å². The lowest BCUT2D eigenvalue weighted by atomic mass is 10.1. The molecule has 2 heterocycles. The number of non-ortho nitro benzene ring substituents is 1. The number of benzene rings is 2. The Bertz CT molecular complexity index is 1190.